The summed E-state index contributed by atoms with van der Waals surface area (Å²) in [6.07, 6.45) is 1.43. The summed E-state index contributed by atoms with van der Waals surface area (Å²) >= 11 is 12.0. The van der Waals surface area contributed by atoms with Crippen LogP contribution in [0.3, 0.4) is 0 Å². The van der Waals surface area contributed by atoms with E-state index in [4.69, 9.17) is 23.2 Å². The van der Waals surface area contributed by atoms with E-state index in [0.29, 0.717) is 10.7 Å². The molecule has 0 aliphatic heterocycles. The van der Waals surface area contributed by atoms with Crippen LogP contribution in [0.15, 0.2) is 94.9 Å². The van der Waals surface area contributed by atoms with Gasteiger partial charge in [-0.1, -0.05) is 29.3 Å². The Morgan fingerprint density at radius 3 is 2.18 bits per heavy atom. The molecule has 0 fully saturated rings. The predicted molar refractivity (Wildman–Crippen MR) is 150 cm³/mol. The summed E-state index contributed by atoms with van der Waals surface area (Å²) < 4.78 is 55.4. The maximum Gasteiger partial charge on any atom is 0.264 e. The van der Waals surface area contributed by atoms with E-state index in [1.54, 1.807) is 25.1 Å². The van der Waals surface area contributed by atoms with Crippen LogP contribution in [0.25, 0.3) is 0 Å². The molecule has 10 nitrogen and oxygen atoms in total. The Morgan fingerprint density at radius 1 is 0.872 bits per heavy atom. The maximum absolute atomic E-state index is 13.4. The number of amides is 1. The van der Waals surface area contributed by atoms with Gasteiger partial charge in [-0.3, -0.25) is 9.10 Å². The molecular weight excluding hydrogens is 585 g/mol. The molecule has 4 rings (SSSR count). The number of halogens is 2. The van der Waals surface area contributed by atoms with Crippen LogP contribution in [-0.2, 0) is 24.8 Å². The van der Waals surface area contributed by atoms with Crippen molar-refractivity contribution in [1.29, 1.82) is 0 Å². The molecule has 0 radical (unpaired) electrons. The van der Waals surface area contributed by atoms with Gasteiger partial charge in [0.05, 0.1) is 15.5 Å². The number of carbonyl (C=O) groups excluding carboxylic acids is 1. The van der Waals surface area contributed by atoms with E-state index < -0.39 is 32.5 Å². The van der Waals surface area contributed by atoms with Crippen LogP contribution in [0.2, 0.25) is 10.0 Å². The van der Waals surface area contributed by atoms with Gasteiger partial charge in [-0.05, 0) is 79.7 Å². The molecule has 2 N–H and O–H groups in total. The number of hydrogen-bond donors (Lipinski definition) is 2. The number of aromatic nitrogens is 2. The number of rotatable bonds is 9. The van der Waals surface area contributed by atoms with Crippen molar-refractivity contribution in [2.75, 3.05) is 20.9 Å². The van der Waals surface area contributed by atoms with E-state index in [9.17, 15) is 21.6 Å². The molecule has 1 aromatic heterocycles. The van der Waals surface area contributed by atoms with Crippen LogP contribution in [0, 0.1) is 6.92 Å². The van der Waals surface area contributed by atoms with Gasteiger partial charge in [0, 0.05) is 27.6 Å². The van der Waals surface area contributed by atoms with E-state index in [-0.39, 0.29) is 32.1 Å². The molecule has 0 spiro atoms. The molecule has 0 bridgehead atoms. The fourth-order valence-corrected chi connectivity index (χ4v) is 6.08. The molecule has 39 heavy (non-hydrogen) atoms. The molecule has 3 aromatic carbocycles. The van der Waals surface area contributed by atoms with E-state index >= 15 is 0 Å². The average molecular weight is 607 g/mol. The van der Waals surface area contributed by atoms with Gasteiger partial charge < -0.3 is 5.32 Å². The van der Waals surface area contributed by atoms with Crippen molar-refractivity contribution in [1.82, 2.24) is 9.97 Å². The van der Waals surface area contributed by atoms with Crippen molar-refractivity contribution in [3.05, 3.63) is 101 Å². The summed E-state index contributed by atoms with van der Waals surface area (Å²) in [4.78, 5) is 20.7. The number of nitrogens with one attached hydrogen (secondary N) is 2. The average Bonchev–Trinajstić information content (AvgIpc) is 2.87. The van der Waals surface area contributed by atoms with Gasteiger partial charge in [0.25, 0.3) is 20.0 Å². The normalized spacial score (nSPS) is 11.6. The highest BCUT2D eigenvalue weighted by Gasteiger charge is 2.27. The minimum absolute atomic E-state index is 0.0701. The van der Waals surface area contributed by atoms with Crippen molar-refractivity contribution in [2.45, 2.75) is 16.7 Å². The SMILES string of the molecule is Cc1ccnc(NS(=O)(=O)c2ccc(NC(=O)CN(c3cccc(Cl)c3)S(=O)(=O)c3ccc(Cl)cc3)cc2)n1. The second-order valence-electron chi connectivity index (χ2n) is 8.15. The number of benzene rings is 3. The molecule has 1 amide bonds. The fourth-order valence-electron chi connectivity index (χ4n) is 3.41. The third-order valence-corrected chi connectivity index (χ3v) is 8.87. The monoisotopic (exact) mass is 605 g/mol. The van der Waals surface area contributed by atoms with Crippen LogP contribution in [0.5, 0.6) is 0 Å². The second kappa shape index (κ2) is 11.6. The standard InChI is InChI=1S/C25H21Cl2N5O5S2/c1-17-13-14-28-25(29-17)31-38(34,35)22-11-7-20(8-12-22)30-24(33)16-32(21-4-2-3-19(27)15-21)39(36,37)23-9-5-18(26)6-10-23/h2-15H,16H2,1H3,(H,30,33)(H,28,29,31). The zero-order valence-electron chi connectivity index (χ0n) is 20.2. The van der Waals surface area contributed by atoms with Crippen molar-refractivity contribution in [2.24, 2.45) is 0 Å². The second-order valence-corrected chi connectivity index (χ2v) is 12.6. The molecular formula is C25H21Cl2N5O5S2. The lowest BCUT2D eigenvalue weighted by Gasteiger charge is -2.24. The third kappa shape index (κ3) is 7.03. The first-order valence-electron chi connectivity index (χ1n) is 11.2. The number of nitrogens with zero attached hydrogens (tertiary/aromatic N) is 3. The Kier molecular flexibility index (Phi) is 8.40. The number of carbonyl (C=O) groups is 1. The Balaban J connectivity index is 1.53. The van der Waals surface area contributed by atoms with Gasteiger partial charge in [0.1, 0.15) is 6.54 Å². The van der Waals surface area contributed by atoms with Gasteiger partial charge in [-0.2, -0.15) is 0 Å². The zero-order valence-corrected chi connectivity index (χ0v) is 23.4. The lowest BCUT2D eigenvalue weighted by molar-refractivity contribution is -0.114. The summed E-state index contributed by atoms with van der Waals surface area (Å²) in [6, 6.07) is 18.6. The Bertz CT molecular complexity index is 1720. The van der Waals surface area contributed by atoms with Gasteiger partial charge >= 0.3 is 0 Å². The smallest absolute Gasteiger partial charge is 0.264 e. The van der Waals surface area contributed by atoms with Crippen LogP contribution < -0.4 is 14.3 Å². The first-order chi connectivity index (χ1) is 18.4. The van der Waals surface area contributed by atoms with Gasteiger partial charge in [-0.15, -0.1) is 0 Å². The summed E-state index contributed by atoms with van der Waals surface area (Å²) in [5, 5.41) is 3.22. The topological polar surface area (TPSA) is 138 Å². The fraction of sp³-hybridized carbons (Fsp3) is 0.0800. The van der Waals surface area contributed by atoms with E-state index in [0.717, 1.165) is 4.31 Å². The molecule has 4 aromatic rings. The van der Waals surface area contributed by atoms with E-state index in [1.807, 2.05) is 0 Å². The quantitative estimate of drug-likeness (QED) is 0.281. The Hall–Kier alpha value is -3.71. The first-order valence-corrected chi connectivity index (χ1v) is 14.9. The summed E-state index contributed by atoms with van der Waals surface area (Å²) in [5.74, 6) is -0.746. The largest absolute Gasteiger partial charge is 0.325 e. The highest BCUT2D eigenvalue weighted by Crippen LogP contribution is 2.27. The molecule has 0 aliphatic rings. The van der Waals surface area contributed by atoms with Gasteiger partial charge in [0.2, 0.25) is 11.9 Å². The van der Waals surface area contributed by atoms with Gasteiger partial charge in [-0.25, -0.2) is 31.5 Å². The summed E-state index contributed by atoms with van der Waals surface area (Å²) in [7, 11) is -8.16. The minimum atomic E-state index is -4.18. The van der Waals surface area contributed by atoms with Crippen LogP contribution >= 0.6 is 23.2 Å². The summed E-state index contributed by atoms with van der Waals surface area (Å²) in [5.41, 5.74) is 1.02. The molecule has 0 aliphatic carbocycles. The van der Waals surface area contributed by atoms with Crippen LogP contribution in [0.4, 0.5) is 17.3 Å². The van der Waals surface area contributed by atoms with Crippen molar-refractivity contribution < 1.29 is 21.6 Å². The van der Waals surface area contributed by atoms with E-state index in [2.05, 4.69) is 20.0 Å². The summed E-state index contributed by atoms with van der Waals surface area (Å²) in [6.45, 7) is 1.11. The van der Waals surface area contributed by atoms with Crippen LogP contribution in [-0.4, -0.2) is 39.3 Å². The van der Waals surface area contributed by atoms with E-state index in [1.165, 1.54) is 66.9 Å². The number of aryl methyl sites for hydroxylation is 1. The predicted octanol–water partition coefficient (Wildman–Crippen LogP) is 4.73. The zero-order chi connectivity index (χ0) is 28.2. The van der Waals surface area contributed by atoms with Crippen molar-refractivity contribution in [3.8, 4) is 0 Å². The van der Waals surface area contributed by atoms with Crippen molar-refractivity contribution >= 4 is 66.5 Å². The maximum atomic E-state index is 13.4. The molecule has 0 atom stereocenters. The molecule has 0 unspecified atom stereocenters. The molecule has 14 heteroatoms. The number of hydrogen-bond acceptors (Lipinski definition) is 7. The Labute approximate surface area is 235 Å². The third-order valence-electron chi connectivity index (χ3n) is 5.25. The molecule has 0 saturated heterocycles. The lowest BCUT2D eigenvalue weighted by atomic mass is 10.3. The first kappa shape index (κ1) is 28.3. The van der Waals surface area contributed by atoms with Gasteiger partial charge in [0.15, 0.2) is 0 Å². The number of sulfonamides is 2. The van der Waals surface area contributed by atoms with Crippen LogP contribution in [0.1, 0.15) is 5.69 Å². The molecule has 1 heterocycles. The Morgan fingerprint density at radius 2 is 1.54 bits per heavy atom. The number of anilines is 3. The van der Waals surface area contributed by atoms with Crippen molar-refractivity contribution in [3.63, 3.8) is 0 Å². The molecule has 202 valence electrons. The molecule has 0 saturated carbocycles. The minimum Gasteiger partial charge on any atom is -0.325 e. The highest BCUT2D eigenvalue weighted by molar-refractivity contribution is 7.93. The lowest BCUT2D eigenvalue weighted by Crippen LogP contribution is -2.38. The highest BCUT2D eigenvalue weighted by atomic mass is 35.5.